The fourth-order valence-electron chi connectivity index (χ4n) is 6.69. The van der Waals surface area contributed by atoms with E-state index in [1.807, 2.05) is 56.1 Å². The fraction of sp³-hybridized carbons (Fsp3) is 0.412. The Morgan fingerprint density at radius 1 is 1.08 bits per heavy atom. The van der Waals surface area contributed by atoms with E-state index in [1.54, 1.807) is 28.0 Å². The van der Waals surface area contributed by atoms with E-state index >= 15 is 0 Å². The number of pyridine rings is 1. The number of amides is 2. The molecule has 1 aromatic carbocycles. The molecule has 1 atom stereocenters. The normalized spacial score (nSPS) is 19.7. The number of nitrogens with one attached hydrogen (secondary N) is 1. The van der Waals surface area contributed by atoms with Crippen molar-refractivity contribution < 1.29 is 14.3 Å². The van der Waals surface area contributed by atoms with Gasteiger partial charge in [0.1, 0.15) is 28.6 Å². The summed E-state index contributed by atoms with van der Waals surface area (Å²) in [5, 5.41) is 23.2. The Morgan fingerprint density at radius 3 is 2.57 bits per heavy atom. The number of carbonyl (C=O) groups is 2. The molecule has 0 radical (unpaired) electrons. The number of hydrogen-bond acceptors (Lipinski definition) is 12. The Labute approximate surface area is 288 Å². The summed E-state index contributed by atoms with van der Waals surface area (Å²) in [5.41, 5.74) is 8.32. The predicted octanol–water partition coefficient (Wildman–Crippen LogP) is 3.26. The molecule has 3 aliphatic rings. The van der Waals surface area contributed by atoms with Crippen molar-refractivity contribution in [2.45, 2.75) is 39.2 Å². The van der Waals surface area contributed by atoms with Crippen molar-refractivity contribution in [3.8, 4) is 16.6 Å². The van der Waals surface area contributed by atoms with Crippen LogP contribution in [0.4, 0.5) is 11.5 Å². The van der Waals surface area contributed by atoms with Gasteiger partial charge >= 0.3 is 0 Å². The van der Waals surface area contributed by atoms with Gasteiger partial charge in [0.05, 0.1) is 29.5 Å². The summed E-state index contributed by atoms with van der Waals surface area (Å²) in [7, 11) is 1.81. The minimum Gasteiger partial charge on any atom is -0.491 e. The standard InChI is InChI=1S/C34H39N11O3S/c1-21(2)48-24-6-4-22(5-7-24)28(36)29-25(35)8-9-26(38-29)45-17-13-34(33(45)47)12-16-43(19-34)18-27(46)44-14-10-23(11-15-44)31-39-40-32(49-31)30-37-20-42(3)41-30/h4-10,20-21,36H,11-19,35H2,1-3H3/t34-/m0/s1. The van der Waals surface area contributed by atoms with E-state index < -0.39 is 5.41 Å². The number of nitrogens with zero attached hydrogens (tertiary/aromatic N) is 9. The molecule has 15 heteroatoms. The van der Waals surface area contributed by atoms with Crippen LogP contribution in [0.25, 0.3) is 16.4 Å². The van der Waals surface area contributed by atoms with Crippen molar-refractivity contribution in [3.05, 3.63) is 65.1 Å². The Balaban J connectivity index is 0.958. The lowest BCUT2D eigenvalue weighted by atomic mass is 9.85. The first kappa shape index (κ1) is 32.5. The predicted molar refractivity (Wildman–Crippen MR) is 186 cm³/mol. The molecule has 2 saturated heterocycles. The van der Waals surface area contributed by atoms with Gasteiger partial charge in [-0.3, -0.25) is 29.5 Å². The molecule has 3 aliphatic heterocycles. The zero-order valence-electron chi connectivity index (χ0n) is 27.8. The molecule has 6 heterocycles. The summed E-state index contributed by atoms with van der Waals surface area (Å²) >= 11 is 1.45. The highest BCUT2D eigenvalue weighted by molar-refractivity contribution is 7.15. The van der Waals surface area contributed by atoms with E-state index in [9.17, 15) is 9.59 Å². The van der Waals surface area contributed by atoms with E-state index in [0.29, 0.717) is 85.6 Å². The second kappa shape index (κ2) is 13.1. The highest BCUT2D eigenvalue weighted by Gasteiger charge is 2.51. The molecule has 7 rings (SSSR count). The largest absolute Gasteiger partial charge is 0.491 e. The highest BCUT2D eigenvalue weighted by atomic mass is 32.1. The van der Waals surface area contributed by atoms with Crippen molar-refractivity contribution in [1.29, 1.82) is 5.41 Å². The molecule has 254 valence electrons. The molecular formula is C34H39N11O3S. The zero-order chi connectivity index (χ0) is 34.3. The SMILES string of the molecule is CC(C)Oc1ccc(C(=N)c2nc(N3CC[C@]4(CCN(CC(=O)N5CC=C(c6nnc(-c7ncn(C)n7)s6)CC5)C4)C3=O)ccc2N)cc1. The summed E-state index contributed by atoms with van der Waals surface area (Å²) in [5.74, 6) is 1.83. The number of hydrogen-bond donors (Lipinski definition) is 2. The Bertz CT molecular complexity index is 1930. The molecular weight excluding hydrogens is 643 g/mol. The first-order chi connectivity index (χ1) is 23.6. The van der Waals surface area contributed by atoms with Gasteiger partial charge in [-0.1, -0.05) is 17.4 Å². The van der Waals surface area contributed by atoms with E-state index in [1.165, 1.54) is 11.3 Å². The maximum absolute atomic E-state index is 13.9. The summed E-state index contributed by atoms with van der Waals surface area (Å²) < 4.78 is 7.36. The second-order valence-electron chi connectivity index (χ2n) is 13.1. The molecule has 3 N–H and O–H groups in total. The summed E-state index contributed by atoms with van der Waals surface area (Å²) in [6.07, 6.45) is 5.79. The quantitative estimate of drug-likeness (QED) is 0.250. The highest BCUT2D eigenvalue weighted by Crippen LogP contribution is 2.42. The molecule has 2 fully saturated rings. The average Bonchev–Trinajstić information content (AvgIpc) is 3.90. The maximum atomic E-state index is 13.9. The van der Waals surface area contributed by atoms with Crippen molar-refractivity contribution in [2.24, 2.45) is 12.5 Å². The average molecular weight is 682 g/mol. The fourth-order valence-corrected chi connectivity index (χ4v) is 7.54. The molecule has 0 saturated carbocycles. The van der Waals surface area contributed by atoms with Gasteiger partial charge in [0.25, 0.3) is 0 Å². The van der Waals surface area contributed by atoms with Gasteiger partial charge in [-0.25, -0.2) is 9.97 Å². The van der Waals surface area contributed by atoms with E-state index in [-0.39, 0.29) is 30.2 Å². The molecule has 1 spiro atoms. The minimum atomic E-state index is -0.559. The van der Waals surface area contributed by atoms with Gasteiger partial charge in [-0.15, -0.1) is 15.3 Å². The molecule has 0 aliphatic carbocycles. The number of aromatic nitrogens is 6. The molecule has 3 aromatic heterocycles. The lowest BCUT2D eigenvalue weighted by Gasteiger charge is -2.28. The third kappa shape index (κ3) is 6.55. The Hall–Kier alpha value is -5.02. The van der Waals surface area contributed by atoms with Gasteiger partial charge in [-0.05, 0) is 81.6 Å². The number of carbonyl (C=O) groups excluding carboxylic acids is 2. The van der Waals surface area contributed by atoms with Gasteiger partial charge in [0.15, 0.2) is 5.01 Å². The monoisotopic (exact) mass is 681 g/mol. The summed E-state index contributed by atoms with van der Waals surface area (Å²) in [6, 6.07) is 10.7. The Kier molecular flexibility index (Phi) is 8.71. The maximum Gasteiger partial charge on any atom is 0.237 e. The smallest absolute Gasteiger partial charge is 0.237 e. The molecule has 0 bridgehead atoms. The van der Waals surface area contributed by atoms with E-state index in [2.05, 4.69) is 25.2 Å². The van der Waals surface area contributed by atoms with Crippen molar-refractivity contribution in [3.63, 3.8) is 0 Å². The van der Waals surface area contributed by atoms with E-state index in [0.717, 1.165) is 16.3 Å². The number of rotatable bonds is 9. The van der Waals surface area contributed by atoms with Crippen LogP contribution >= 0.6 is 11.3 Å². The van der Waals surface area contributed by atoms with Gasteiger partial charge in [0, 0.05) is 38.8 Å². The molecule has 14 nitrogen and oxygen atoms in total. The summed E-state index contributed by atoms with van der Waals surface area (Å²) in [6.45, 7) is 7.03. The third-order valence-corrected chi connectivity index (χ3v) is 10.3. The number of benzene rings is 1. The lowest BCUT2D eigenvalue weighted by molar-refractivity contribution is -0.132. The number of nitrogens with two attached hydrogens (primary N) is 1. The van der Waals surface area contributed by atoms with Crippen LogP contribution in [-0.2, 0) is 16.6 Å². The number of anilines is 2. The first-order valence-electron chi connectivity index (χ1n) is 16.4. The number of nitrogen functional groups attached to an aromatic ring is 1. The third-order valence-electron chi connectivity index (χ3n) is 9.30. The van der Waals surface area contributed by atoms with Crippen LogP contribution in [0.15, 0.2) is 48.8 Å². The molecule has 0 unspecified atom stereocenters. The van der Waals surface area contributed by atoms with Crippen LogP contribution < -0.4 is 15.4 Å². The van der Waals surface area contributed by atoms with Crippen molar-refractivity contribution in [1.82, 2.24) is 39.7 Å². The summed E-state index contributed by atoms with van der Waals surface area (Å²) in [4.78, 5) is 41.9. The minimum absolute atomic E-state index is 0.00950. The van der Waals surface area contributed by atoms with Crippen LogP contribution in [0.5, 0.6) is 5.75 Å². The molecule has 2 amide bonds. The first-order valence-corrected chi connectivity index (χ1v) is 17.2. The number of ether oxygens (including phenoxy) is 1. The lowest BCUT2D eigenvalue weighted by Crippen LogP contribution is -2.43. The number of aryl methyl sites for hydroxylation is 1. The van der Waals surface area contributed by atoms with Crippen LogP contribution in [-0.4, -0.2) is 103 Å². The van der Waals surface area contributed by atoms with Crippen molar-refractivity contribution in [2.75, 3.05) is 49.9 Å². The van der Waals surface area contributed by atoms with Crippen molar-refractivity contribution >= 4 is 45.9 Å². The zero-order valence-corrected chi connectivity index (χ0v) is 28.6. The topological polar surface area (TPSA) is 172 Å². The second-order valence-corrected chi connectivity index (χ2v) is 14.1. The van der Waals surface area contributed by atoms with Crippen LogP contribution in [0, 0.1) is 10.8 Å². The van der Waals surface area contributed by atoms with Crippen LogP contribution in [0.3, 0.4) is 0 Å². The van der Waals surface area contributed by atoms with E-state index in [4.69, 9.17) is 20.9 Å². The van der Waals surface area contributed by atoms with Gasteiger partial charge in [0.2, 0.25) is 17.6 Å². The molecule has 4 aromatic rings. The van der Waals surface area contributed by atoms with Gasteiger partial charge in [-0.2, -0.15) is 0 Å². The number of likely N-dealkylation sites (tertiary alicyclic amines) is 1. The van der Waals surface area contributed by atoms with Gasteiger partial charge < -0.3 is 15.4 Å². The van der Waals surface area contributed by atoms with Crippen LogP contribution in [0.2, 0.25) is 0 Å². The Morgan fingerprint density at radius 2 is 1.86 bits per heavy atom. The molecule has 49 heavy (non-hydrogen) atoms. The van der Waals surface area contributed by atoms with Crippen LogP contribution in [0.1, 0.15) is 49.4 Å².